The van der Waals surface area contributed by atoms with E-state index in [2.05, 4.69) is 16.2 Å². The van der Waals surface area contributed by atoms with Gasteiger partial charge in [0.25, 0.3) is 5.91 Å². The van der Waals surface area contributed by atoms with Crippen LogP contribution in [-0.2, 0) is 0 Å². The lowest BCUT2D eigenvalue weighted by molar-refractivity contribution is 0.0944. The number of thiocarbonyl (C=S) groups is 1. The standard InChI is InChI=1S/C17H19N3OS/c1-11-7-9-14(10-8-11)16(21)19-20-17(22)18-15-12(2)5-4-6-13(15)3/h4-10H,1-3H3,(H,19,21)(H2,18,20,22). The summed E-state index contributed by atoms with van der Waals surface area (Å²) < 4.78 is 0. The molecule has 0 aliphatic heterocycles. The van der Waals surface area contributed by atoms with Crippen LogP contribution in [-0.4, -0.2) is 11.0 Å². The number of carbonyl (C=O) groups excluding carboxylic acids is 1. The first-order valence-electron chi connectivity index (χ1n) is 6.97. The molecule has 2 aromatic carbocycles. The fourth-order valence-corrected chi connectivity index (χ4v) is 2.20. The Hall–Kier alpha value is -2.40. The van der Waals surface area contributed by atoms with Crippen LogP contribution in [0, 0.1) is 20.8 Å². The summed E-state index contributed by atoms with van der Waals surface area (Å²) in [6.07, 6.45) is 0. The third kappa shape index (κ3) is 4.05. The van der Waals surface area contributed by atoms with E-state index in [0.29, 0.717) is 10.7 Å². The zero-order chi connectivity index (χ0) is 16.1. The maximum atomic E-state index is 12.0. The van der Waals surface area contributed by atoms with E-state index in [9.17, 15) is 4.79 Å². The molecule has 0 fully saturated rings. The summed E-state index contributed by atoms with van der Waals surface area (Å²) in [5, 5.41) is 3.45. The van der Waals surface area contributed by atoms with Crippen LogP contribution in [0.25, 0.3) is 0 Å². The molecule has 0 unspecified atom stereocenters. The zero-order valence-corrected chi connectivity index (χ0v) is 13.7. The van der Waals surface area contributed by atoms with E-state index in [-0.39, 0.29) is 5.91 Å². The lowest BCUT2D eigenvalue weighted by atomic mass is 10.1. The molecule has 4 nitrogen and oxygen atoms in total. The molecule has 0 heterocycles. The Morgan fingerprint density at radius 2 is 1.50 bits per heavy atom. The van der Waals surface area contributed by atoms with Crippen LogP contribution >= 0.6 is 12.2 Å². The molecule has 0 aliphatic carbocycles. The molecule has 5 heteroatoms. The summed E-state index contributed by atoms with van der Waals surface area (Å²) in [5.74, 6) is -0.231. The Morgan fingerprint density at radius 1 is 0.909 bits per heavy atom. The van der Waals surface area contributed by atoms with Gasteiger partial charge in [0.15, 0.2) is 5.11 Å². The number of aryl methyl sites for hydroxylation is 3. The van der Waals surface area contributed by atoms with Crippen LogP contribution in [0.5, 0.6) is 0 Å². The van der Waals surface area contributed by atoms with Gasteiger partial charge in [0, 0.05) is 11.3 Å². The number of carbonyl (C=O) groups is 1. The Kier molecular flexibility index (Phi) is 5.12. The number of hydrogen-bond donors (Lipinski definition) is 3. The minimum absolute atomic E-state index is 0.231. The molecule has 0 radical (unpaired) electrons. The van der Waals surface area contributed by atoms with Crippen LogP contribution in [0.4, 0.5) is 5.69 Å². The van der Waals surface area contributed by atoms with E-state index >= 15 is 0 Å². The number of nitrogens with one attached hydrogen (secondary N) is 3. The van der Waals surface area contributed by atoms with Gasteiger partial charge in [-0.15, -0.1) is 0 Å². The summed E-state index contributed by atoms with van der Waals surface area (Å²) in [6.45, 7) is 5.98. The molecule has 1 amide bonds. The lowest BCUT2D eigenvalue weighted by Gasteiger charge is -2.15. The van der Waals surface area contributed by atoms with E-state index in [4.69, 9.17) is 12.2 Å². The van der Waals surface area contributed by atoms with Crippen molar-refractivity contribution in [3.05, 3.63) is 64.7 Å². The number of anilines is 1. The molecule has 0 saturated heterocycles. The van der Waals surface area contributed by atoms with Gasteiger partial charge in [-0.25, -0.2) is 0 Å². The van der Waals surface area contributed by atoms with Crippen LogP contribution in [0.15, 0.2) is 42.5 Å². The second-order valence-electron chi connectivity index (χ2n) is 5.17. The number of amides is 1. The second kappa shape index (κ2) is 7.04. The van der Waals surface area contributed by atoms with Gasteiger partial charge in [-0.05, 0) is 56.2 Å². The van der Waals surface area contributed by atoms with Gasteiger partial charge in [0.2, 0.25) is 0 Å². The number of hydrogen-bond acceptors (Lipinski definition) is 2. The van der Waals surface area contributed by atoms with Crippen LogP contribution in [0.2, 0.25) is 0 Å². The predicted octanol–water partition coefficient (Wildman–Crippen LogP) is 3.24. The van der Waals surface area contributed by atoms with Crippen molar-refractivity contribution in [1.82, 2.24) is 10.9 Å². The molecule has 114 valence electrons. The second-order valence-corrected chi connectivity index (χ2v) is 5.57. The molecule has 0 aromatic heterocycles. The highest BCUT2D eigenvalue weighted by Gasteiger charge is 2.07. The predicted molar refractivity (Wildman–Crippen MR) is 93.9 cm³/mol. The molecule has 0 atom stereocenters. The van der Waals surface area contributed by atoms with Gasteiger partial charge >= 0.3 is 0 Å². The van der Waals surface area contributed by atoms with Gasteiger partial charge in [-0.1, -0.05) is 35.9 Å². The Bertz CT molecular complexity index is 675. The third-order valence-corrected chi connectivity index (χ3v) is 3.53. The summed E-state index contributed by atoms with van der Waals surface area (Å²) in [6, 6.07) is 13.3. The molecule has 0 bridgehead atoms. The summed E-state index contributed by atoms with van der Waals surface area (Å²) >= 11 is 5.21. The minimum atomic E-state index is -0.231. The van der Waals surface area contributed by atoms with Crippen molar-refractivity contribution in [2.75, 3.05) is 5.32 Å². The van der Waals surface area contributed by atoms with Crippen LogP contribution < -0.4 is 16.2 Å². The first-order chi connectivity index (χ1) is 10.5. The first-order valence-corrected chi connectivity index (χ1v) is 7.38. The highest BCUT2D eigenvalue weighted by Crippen LogP contribution is 2.18. The summed E-state index contributed by atoms with van der Waals surface area (Å²) in [5.41, 5.74) is 10.1. The molecule has 0 spiro atoms. The number of hydrazine groups is 1. The van der Waals surface area contributed by atoms with Crippen molar-refractivity contribution in [3.8, 4) is 0 Å². The molecule has 22 heavy (non-hydrogen) atoms. The Morgan fingerprint density at radius 3 is 2.09 bits per heavy atom. The molecule has 3 N–H and O–H groups in total. The number of para-hydroxylation sites is 1. The van der Waals surface area contributed by atoms with E-state index in [1.807, 2.05) is 51.1 Å². The molecular weight excluding hydrogens is 294 g/mol. The zero-order valence-electron chi connectivity index (χ0n) is 12.9. The van der Waals surface area contributed by atoms with Crippen molar-refractivity contribution in [2.24, 2.45) is 0 Å². The normalized spacial score (nSPS) is 9.95. The lowest BCUT2D eigenvalue weighted by Crippen LogP contribution is -2.43. The van der Waals surface area contributed by atoms with Gasteiger partial charge < -0.3 is 5.32 Å². The quantitative estimate of drug-likeness (QED) is 0.588. The first kappa shape index (κ1) is 16.0. The van der Waals surface area contributed by atoms with Crippen molar-refractivity contribution < 1.29 is 4.79 Å². The fraction of sp³-hybridized carbons (Fsp3) is 0.176. The molecule has 0 aliphatic rings. The van der Waals surface area contributed by atoms with E-state index in [1.165, 1.54) is 0 Å². The maximum Gasteiger partial charge on any atom is 0.269 e. The summed E-state index contributed by atoms with van der Waals surface area (Å²) in [4.78, 5) is 12.0. The minimum Gasteiger partial charge on any atom is -0.331 e. The van der Waals surface area contributed by atoms with Crippen molar-refractivity contribution >= 4 is 28.9 Å². The largest absolute Gasteiger partial charge is 0.331 e. The molecular formula is C17H19N3OS. The molecule has 2 rings (SSSR count). The van der Waals surface area contributed by atoms with Gasteiger partial charge in [-0.2, -0.15) is 0 Å². The average molecular weight is 313 g/mol. The summed E-state index contributed by atoms with van der Waals surface area (Å²) in [7, 11) is 0. The third-order valence-electron chi connectivity index (χ3n) is 3.32. The van der Waals surface area contributed by atoms with Crippen LogP contribution in [0.1, 0.15) is 27.0 Å². The smallest absolute Gasteiger partial charge is 0.269 e. The van der Waals surface area contributed by atoms with E-state index in [0.717, 1.165) is 22.4 Å². The van der Waals surface area contributed by atoms with Crippen molar-refractivity contribution in [1.29, 1.82) is 0 Å². The van der Waals surface area contributed by atoms with Gasteiger partial charge in [0.05, 0.1) is 0 Å². The maximum absolute atomic E-state index is 12.0. The average Bonchev–Trinajstić information content (AvgIpc) is 2.49. The SMILES string of the molecule is Cc1ccc(C(=O)NNC(=S)Nc2c(C)cccc2C)cc1. The Labute approximate surface area is 135 Å². The molecule has 0 saturated carbocycles. The highest BCUT2D eigenvalue weighted by atomic mass is 32.1. The van der Waals surface area contributed by atoms with Crippen molar-refractivity contribution in [2.45, 2.75) is 20.8 Å². The number of rotatable bonds is 2. The fourth-order valence-electron chi connectivity index (χ4n) is 2.05. The van der Waals surface area contributed by atoms with Gasteiger partial charge in [0.1, 0.15) is 0 Å². The van der Waals surface area contributed by atoms with E-state index in [1.54, 1.807) is 12.1 Å². The Balaban J connectivity index is 1.93. The highest BCUT2D eigenvalue weighted by molar-refractivity contribution is 7.80. The number of benzene rings is 2. The monoisotopic (exact) mass is 313 g/mol. The van der Waals surface area contributed by atoms with Gasteiger partial charge in [-0.3, -0.25) is 15.6 Å². The van der Waals surface area contributed by atoms with Crippen molar-refractivity contribution in [3.63, 3.8) is 0 Å². The van der Waals surface area contributed by atoms with E-state index < -0.39 is 0 Å². The van der Waals surface area contributed by atoms with Crippen LogP contribution in [0.3, 0.4) is 0 Å². The molecule has 2 aromatic rings. The topological polar surface area (TPSA) is 53.2 Å².